The van der Waals surface area contributed by atoms with E-state index in [1.165, 1.54) is 19.3 Å². The van der Waals surface area contributed by atoms with Crippen LogP contribution >= 0.6 is 0 Å². The van der Waals surface area contributed by atoms with Gasteiger partial charge in [-0.05, 0) is 31.4 Å². The maximum atomic E-state index is 5.00. The molecule has 116 valence electrons. The van der Waals surface area contributed by atoms with Crippen LogP contribution in [-0.4, -0.2) is 34.1 Å². The lowest BCUT2D eigenvalue weighted by Gasteiger charge is -2.30. The van der Waals surface area contributed by atoms with Crippen molar-refractivity contribution in [3.63, 3.8) is 0 Å². The van der Waals surface area contributed by atoms with Gasteiger partial charge in [-0.1, -0.05) is 23.4 Å². The molecule has 0 atom stereocenters. The van der Waals surface area contributed by atoms with E-state index in [0.717, 1.165) is 24.7 Å². The van der Waals surface area contributed by atoms with E-state index in [4.69, 9.17) is 4.52 Å². The van der Waals surface area contributed by atoms with Gasteiger partial charge < -0.3 is 14.7 Å². The van der Waals surface area contributed by atoms with Crippen LogP contribution in [0.4, 0.5) is 5.69 Å². The van der Waals surface area contributed by atoms with Crippen molar-refractivity contribution in [2.24, 2.45) is 4.99 Å². The number of nitrogens with zero attached hydrogens (tertiary/aromatic N) is 4. The highest BCUT2D eigenvalue weighted by atomic mass is 16.5. The fourth-order valence-corrected chi connectivity index (χ4v) is 2.53. The lowest BCUT2D eigenvalue weighted by Crippen LogP contribution is -2.40. The van der Waals surface area contributed by atoms with Crippen LogP contribution in [-0.2, 0) is 6.54 Å². The number of para-hydroxylation sites is 1. The monoisotopic (exact) mass is 299 g/mol. The predicted octanol–water partition coefficient (Wildman–Crippen LogP) is 2.83. The molecular weight excluding hydrogens is 278 g/mol. The van der Waals surface area contributed by atoms with Crippen LogP contribution in [0, 0.1) is 6.92 Å². The van der Waals surface area contributed by atoms with Crippen LogP contribution in [0.1, 0.15) is 31.0 Å². The number of hydrogen-bond donors (Lipinski definition) is 1. The third kappa shape index (κ3) is 3.84. The fourth-order valence-electron chi connectivity index (χ4n) is 2.53. The largest absolute Gasteiger partial charge is 0.343 e. The summed E-state index contributed by atoms with van der Waals surface area (Å²) in [4.78, 5) is 11.2. The molecule has 1 aliphatic heterocycles. The molecule has 1 N–H and O–H groups in total. The van der Waals surface area contributed by atoms with E-state index in [-0.39, 0.29) is 0 Å². The van der Waals surface area contributed by atoms with Crippen LogP contribution in [0.25, 0.3) is 0 Å². The van der Waals surface area contributed by atoms with E-state index in [9.17, 15) is 0 Å². The minimum absolute atomic E-state index is 0.420. The number of anilines is 1. The number of aromatic nitrogens is 2. The molecule has 0 unspecified atom stereocenters. The molecule has 1 aromatic heterocycles. The van der Waals surface area contributed by atoms with E-state index in [1.54, 1.807) is 6.92 Å². The Balaban J connectivity index is 1.75. The third-order valence-corrected chi connectivity index (χ3v) is 3.63. The van der Waals surface area contributed by atoms with Gasteiger partial charge in [0.15, 0.2) is 11.8 Å². The molecule has 2 aromatic rings. The summed E-state index contributed by atoms with van der Waals surface area (Å²) in [6, 6.07) is 10.1. The van der Waals surface area contributed by atoms with E-state index < -0.39 is 0 Å². The molecule has 6 heteroatoms. The Morgan fingerprint density at radius 2 is 2.00 bits per heavy atom. The maximum Gasteiger partial charge on any atom is 0.223 e. The summed E-state index contributed by atoms with van der Waals surface area (Å²) in [5.41, 5.74) is 1.04. The zero-order valence-corrected chi connectivity index (χ0v) is 12.8. The summed E-state index contributed by atoms with van der Waals surface area (Å²) in [6.45, 7) is 4.27. The van der Waals surface area contributed by atoms with Gasteiger partial charge in [0.05, 0.1) is 0 Å². The second-order valence-corrected chi connectivity index (χ2v) is 5.41. The molecule has 0 amide bonds. The Morgan fingerprint density at radius 3 is 2.68 bits per heavy atom. The Bertz CT molecular complexity index is 616. The van der Waals surface area contributed by atoms with Gasteiger partial charge in [0.2, 0.25) is 5.89 Å². The van der Waals surface area contributed by atoms with Crippen molar-refractivity contribution < 1.29 is 4.52 Å². The SMILES string of the molecule is Cc1nc(CN=C(Nc2ccccc2)N2CCCCC2)no1. The van der Waals surface area contributed by atoms with Crippen LogP contribution in [0.5, 0.6) is 0 Å². The highest BCUT2D eigenvalue weighted by Crippen LogP contribution is 2.13. The van der Waals surface area contributed by atoms with Crippen molar-refractivity contribution in [2.45, 2.75) is 32.7 Å². The predicted molar refractivity (Wildman–Crippen MR) is 85.7 cm³/mol. The molecule has 0 spiro atoms. The Hall–Kier alpha value is -2.37. The molecular formula is C16H21N5O. The van der Waals surface area contributed by atoms with Crippen molar-refractivity contribution >= 4 is 11.6 Å². The summed E-state index contributed by atoms with van der Waals surface area (Å²) >= 11 is 0. The number of hydrogen-bond acceptors (Lipinski definition) is 4. The molecule has 22 heavy (non-hydrogen) atoms. The number of benzene rings is 1. The lowest BCUT2D eigenvalue weighted by molar-refractivity contribution is 0.340. The summed E-state index contributed by atoms with van der Waals surface area (Å²) in [6.07, 6.45) is 3.70. The van der Waals surface area contributed by atoms with Crippen molar-refractivity contribution in [3.8, 4) is 0 Å². The smallest absolute Gasteiger partial charge is 0.223 e. The first-order valence-corrected chi connectivity index (χ1v) is 7.72. The lowest BCUT2D eigenvalue weighted by atomic mass is 10.1. The van der Waals surface area contributed by atoms with Crippen molar-refractivity contribution in [3.05, 3.63) is 42.0 Å². The standard InChI is InChI=1S/C16H21N5O/c1-13-18-15(20-22-13)12-17-16(21-10-6-3-7-11-21)19-14-8-4-2-5-9-14/h2,4-5,8-9H,3,6-7,10-12H2,1H3,(H,17,19). The van der Waals surface area contributed by atoms with Gasteiger partial charge in [0, 0.05) is 25.7 Å². The molecule has 0 radical (unpaired) electrons. The van der Waals surface area contributed by atoms with Gasteiger partial charge in [-0.25, -0.2) is 4.99 Å². The van der Waals surface area contributed by atoms with E-state index in [2.05, 4.69) is 25.3 Å². The molecule has 6 nitrogen and oxygen atoms in total. The molecule has 1 fully saturated rings. The first kappa shape index (κ1) is 14.6. The summed E-state index contributed by atoms with van der Waals surface area (Å²) in [5.74, 6) is 2.07. The first-order chi connectivity index (χ1) is 10.8. The molecule has 1 aliphatic rings. The Labute approximate surface area is 130 Å². The number of nitrogens with one attached hydrogen (secondary N) is 1. The molecule has 2 heterocycles. The van der Waals surface area contributed by atoms with Crippen LogP contribution in [0.15, 0.2) is 39.8 Å². The molecule has 3 rings (SSSR count). The quantitative estimate of drug-likeness (QED) is 0.697. The van der Waals surface area contributed by atoms with E-state index >= 15 is 0 Å². The number of aryl methyl sites for hydroxylation is 1. The summed E-state index contributed by atoms with van der Waals surface area (Å²) in [7, 11) is 0. The minimum atomic E-state index is 0.420. The number of likely N-dealkylation sites (tertiary alicyclic amines) is 1. The van der Waals surface area contributed by atoms with Gasteiger partial charge >= 0.3 is 0 Å². The molecule has 1 aromatic carbocycles. The van der Waals surface area contributed by atoms with Crippen LogP contribution in [0.2, 0.25) is 0 Å². The van der Waals surface area contributed by atoms with Gasteiger partial charge in [-0.2, -0.15) is 4.98 Å². The van der Waals surface area contributed by atoms with E-state index in [0.29, 0.717) is 18.3 Å². The highest BCUT2D eigenvalue weighted by molar-refractivity contribution is 5.93. The van der Waals surface area contributed by atoms with Gasteiger partial charge in [-0.15, -0.1) is 0 Å². The zero-order valence-electron chi connectivity index (χ0n) is 12.8. The van der Waals surface area contributed by atoms with Crippen LogP contribution < -0.4 is 5.32 Å². The summed E-state index contributed by atoms with van der Waals surface area (Å²) < 4.78 is 5.00. The molecule has 1 saturated heterocycles. The second kappa shape index (κ2) is 7.06. The average Bonchev–Trinajstić information content (AvgIpc) is 2.99. The van der Waals surface area contributed by atoms with Gasteiger partial charge in [-0.3, -0.25) is 0 Å². The normalized spacial score (nSPS) is 15.9. The average molecular weight is 299 g/mol. The number of piperidine rings is 1. The minimum Gasteiger partial charge on any atom is -0.343 e. The molecule has 0 saturated carbocycles. The first-order valence-electron chi connectivity index (χ1n) is 7.72. The Kier molecular flexibility index (Phi) is 4.68. The fraction of sp³-hybridized carbons (Fsp3) is 0.438. The van der Waals surface area contributed by atoms with E-state index in [1.807, 2.05) is 30.3 Å². The maximum absolute atomic E-state index is 5.00. The van der Waals surface area contributed by atoms with Crippen LogP contribution in [0.3, 0.4) is 0 Å². The third-order valence-electron chi connectivity index (χ3n) is 3.63. The van der Waals surface area contributed by atoms with Crippen molar-refractivity contribution in [1.29, 1.82) is 0 Å². The second-order valence-electron chi connectivity index (χ2n) is 5.41. The van der Waals surface area contributed by atoms with Crippen molar-refractivity contribution in [2.75, 3.05) is 18.4 Å². The van der Waals surface area contributed by atoms with Crippen molar-refractivity contribution in [1.82, 2.24) is 15.0 Å². The number of guanidine groups is 1. The highest BCUT2D eigenvalue weighted by Gasteiger charge is 2.15. The molecule has 0 aliphatic carbocycles. The topological polar surface area (TPSA) is 66.6 Å². The summed E-state index contributed by atoms with van der Waals surface area (Å²) in [5, 5.41) is 7.32. The Morgan fingerprint density at radius 1 is 1.23 bits per heavy atom. The van der Waals surface area contributed by atoms with Gasteiger partial charge in [0.25, 0.3) is 0 Å². The zero-order chi connectivity index (χ0) is 15.2. The number of aliphatic imine (C=N–C) groups is 1. The number of rotatable bonds is 3. The van der Waals surface area contributed by atoms with Gasteiger partial charge in [0.1, 0.15) is 6.54 Å². The molecule has 0 bridgehead atoms.